The lowest BCUT2D eigenvalue weighted by Gasteiger charge is -2.10. The van der Waals surface area contributed by atoms with Crippen molar-refractivity contribution < 1.29 is 4.79 Å². The summed E-state index contributed by atoms with van der Waals surface area (Å²) in [5, 5.41) is 10.5. The number of carbonyl (C=O) groups excluding carboxylic acids is 1. The maximum absolute atomic E-state index is 12.2. The predicted molar refractivity (Wildman–Crippen MR) is 92.4 cm³/mol. The highest BCUT2D eigenvalue weighted by molar-refractivity contribution is 6.30. The van der Waals surface area contributed by atoms with Crippen molar-refractivity contribution in [2.75, 3.05) is 10.6 Å². The van der Waals surface area contributed by atoms with E-state index in [1.54, 1.807) is 28.9 Å². The summed E-state index contributed by atoms with van der Waals surface area (Å²) in [4.78, 5) is 12.2. The number of anilines is 2. The lowest BCUT2D eigenvalue weighted by atomic mass is 10.3. The Morgan fingerprint density at radius 1 is 1.04 bits per heavy atom. The Balaban J connectivity index is 1.79. The molecule has 0 atom stereocenters. The fraction of sp³-hybridized carbons (Fsp3) is 0.0588. The first-order valence-corrected chi connectivity index (χ1v) is 7.45. The Kier molecular flexibility index (Phi) is 4.30. The van der Waals surface area contributed by atoms with Crippen molar-refractivity contribution in [1.29, 1.82) is 0 Å². The van der Waals surface area contributed by atoms with E-state index in [-0.39, 0.29) is 6.03 Å². The molecular formula is C17H15ClN4O. The van der Waals surface area contributed by atoms with E-state index < -0.39 is 0 Å². The van der Waals surface area contributed by atoms with Gasteiger partial charge in [-0.15, -0.1) is 0 Å². The highest BCUT2D eigenvalue weighted by atomic mass is 35.5. The fourth-order valence-corrected chi connectivity index (χ4v) is 2.39. The van der Waals surface area contributed by atoms with Crippen LogP contribution in [0.4, 0.5) is 16.3 Å². The Morgan fingerprint density at radius 3 is 2.57 bits per heavy atom. The number of nitrogens with one attached hydrogen (secondary N) is 2. The van der Waals surface area contributed by atoms with E-state index in [2.05, 4.69) is 15.7 Å². The van der Waals surface area contributed by atoms with Crippen molar-refractivity contribution in [2.24, 2.45) is 0 Å². The maximum atomic E-state index is 12.2. The number of urea groups is 1. The molecule has 0 saturated heterocycles. The number of nitrogens with zero attached hydrogens (tertiary/aromatic N) is 2. The molecular weight excluding hydrogens is 312 g/mol. The summed E-state index contributed by atoms with van der Waals surface area (Å²) in [5.74, 6) is 0.591. The van der Waals surface area contributed by atoms with Crippen LogP contribution in [0, 0.1) is 6.92 Å². The molecule has 2 N–H and O–H groups in total. The molecule has 23 heavy (non-hydrogen) atoms. The molecule has 2 aromatic carbocycles. The first-order chi connectivity index (χ1) is 11.1. The van der Waals surface area contributed by atoms with Crippen molar-refractivity contribution in [1.82, 2.24) is 9.78 Å². The SMILES string of the molecule is Cc1cc(NC(=O)Nc2cccc(Cl)c2)n(-c2ccccc2)n1. The molecule has 0 radical (unpaired) electrons. The van der Waals surface area contributed by atoms with Gasteiger partial charge < -0.3 is 5.32 Å². The number of amides is 2. The van der Waals surface area contributed by atoms with Gasteiger partial charge in [-0.2, -0.15) is 5.10 Å². The molecule has 1 aromatic heterocycles. The number of rotatable bonds is 3. The van der Waals surface area contributed by atoms with Crippen molar-refractivity contribution in [3.8, 4) is 5.69 Å². The summed E-state index contributed by atoms with van der Waals surface area (Å²) < 4.78 is 1.69. The lowest BCUT2D eigenvalue weighted by molar-refractivity contribution is 0.262. The minimum atomic E-state index is -0.357. The maximum Gasteiger partial charge on any atom is 0.324 e. The van der Waals surface area contributed by atoms with E-state index in [0.29, 0.717) is 16.5 Å². The third kappa shape index (κ3) is 3.70. The monoisotopic (exact) mass is 326 g/mol. The van der Waals surface area contributed by atoms with E-state index >= 15 is 0 Å². The molecule has 116 valence electrons. The number of para-hydroxylation sites is 1. The van der Waals surface area contributed by atoms with E-state index in [1.165, 1.54) is 0 Å². The van der Waals surface area contributed by atoms with Crippen LogP contribution in [0.5, 0.6) is 0 Å². The van der Waals surface area contributed by atoms with Gasteiger partial charge in [-0.3, -0.25) is 5.32 Å². The van der Waals surface area contributed by atoms with Gasteiger partial charge in [0.1, 0.15) is 5.82 Å². The third-order valence-electron chi connectivity index (χ3n) is 3.16. The van der Waals surface area contributed by atoms with Crippen LogP contribution in [0.1, 0.15) is 5.69 Å². The van der Waals surface area contributed by atoms with Crippen LogP contribution >= 0.6 is 11.6 Å². The summed E-state index contributed by atoms with van der Waals surface area (Å²) in [7, 11) is 0. The van der Waals surface area contributed by atoms with E-state index in [4.69, 9.17) is 11.6 Å². The zero-order valence-corrected chi connectivity index (χ0v) is 13.2. The number of hydrogen-bond acceptors (Lipinski definition) is 2. The van der Waals surface area contributed by atoms with Gasteiger partial charge in [0.25, 0.3) is 0 Å². The molecule has 1 heterocycles. The van der Waals surface area contributed by atoms with Crippen LogP contribution in [0.25, 0.3) is 5.69 Å². The quantitative estimate of drug-likeness (QED) is 0.745. The van der Waals surface area contributed by atoms with Gasteiger partial charge in [-0.25, -0.2) is 9.48 Å². The fourth-order valence-electron chi connectivity index (χ4n) is 2.20. The standard InChI is InChI=1S/C17H15ClN4O/c1-12-10-16(22(21-12)15-8-3-2-4-9-15)20-17(23)19-14-7-5-6-13(18)11-14/h2-11H,1H3,(H2,19,20,23). The molecule has 2 amide bonds. The van der Waals surface area contributed by atoms with Gasteiger partial charge in [0.05, 0.1) is 11.4 Å². The average Bonchev–Trinajstić information content (AvgIpc) is 2.88. The van der Waals surface area contributed by atoms with Crippen LogP contribution in [0.3, 0.4) is 0 Å². The Morgan fingerprint density at radius 2 is 1.83 bits per heavy atom. The minimum absolute atomic E-state index is 0.357. The van der Waals surface area contributed by atoms with E-state index in [9.17, 15) is 4.79 Å². The molecule has 3 rings (SSSR count). The first-order valence-electron chi connectivity index (χ1n) is 7.07. The molecule has 0 bridgehead atoms. The number of benzene rings is 2. The highest BCUT2D eigenvalue weighted by Crippen LogP contribution is 2.18. The lowest BCUT2D eigenvalue weighted by Crippen LogP contribution is -2.21. The van der Waals surface area contributed by atoms with Crippen LogP contribution in [-0.4, -0.2) is 15.8 Å². The van der Waals surface area contributed by atoms with Gasteiger partial charge in [-0.05, 0) is 37.3 Å². The summed E-state index contributed by atoms with van der Waals surface area (Å²) in [6, 6.07) is 18.0. The Bertz CT molecular complexity index is 830. The minimum Gasteiger partial charge on any atom is -0.308 e. The van der Waals surface area contributed by atoms with Crippen molar-refractivity contribution in [3.05, 3.63) is 71.4 Å². The summed E-state index contributed by atoms with van der Waals surface area (Å²) >= 11 is 5.91. The molecule has 0 spiro atoms. The van der Waals surface area contributed by atoms with Gasteiger partial charge in [0, 0.05) is 16.8 Å². The number of aryl methyl sites for hydroxylation is 1. The highest BCUT2D eigenvalue weighted by Gasteiger charge is 2.11. The van der Waals surface area contributed by atoms with Gasteiger partial charge in [0.15, 0.2) is 0 Å². The number of hydrogen-bond donors (Lipinski definition) is 2. The molecule has 6 heteroatoms. The van der Waals surface area contributed by atoms with Crippen molar-refractivity contribution in [2.45, 2.75) is 6.92 Å². The second kappa shape index (κ2) is 6.54. The average molecular weight is 327 g/mol. The van der Waals surface area contributed by atoms with Crippen LogP contribution in [0.2, 0.25) is 5.02 Å². The topological polar surface area (TPSA) is 59.0 Å². The summed E-state index contributed by atoms with van der Waals surface area (Å²) in [6.07, 6.45) is 0. The zero-order valence-electron chi connectivity index (χ0n) is 12.5. The Labute approximate surface area is 138 Å². The molecule has 0 fully saturated rings. The molecule has 0 aliphatic rings. The number of carbonyl (C=O) groups is 1. The van der Waals surface area contributed by atoms with E-state index in [0.717, 1.165) is 11.4 Å². The summed E-state index contributed by atoms with van der Waals surface area (Å²) in [6.45, 7) is 1.87. The zero-order chi connectivity index (χ0) is 16.2. The largest absolute Gasteiger partial charge is 0.324 e. The second-order valence-corrected chi connectivity index (χ2v) is 5.44. The van der Waals surface area contributed by atoms with Gasteiger partial charge in [0.2, 0.25) is 0 Å². The number of aromatic nitrogens is 2. The molecule has 0 aliphatic carbocycles. The first kappa shape index (κ1) is 15.1. The van der Waals surface area contributed by atoms with Crippen LogP contribution in [-0.2, 0) is 0 Å². The van der Waals surface area contributed by atoms with Crippen molar-refractivity contribution >= 4 is 29.1 Å². The predicted octanol–water partition coefficient (Wildman–Crippen LogP) is 4.48. The second-order valence-electron chi connectivity index (χ2n) is 5.01. The van der Waals surface area contributed by atoms with Crippen molar-refractivity contribution in [3.63, 3.8) is 0 Å². The molecule has 0 saturated carbocycles. The molecule has 3 aromatic rings. The van der Waals surface area contributed by atoms with E-state index in [1.807, 2.05) is 43.3 Å². The molecule has 5 nitrogen and oxygen atoms in total. The third-order valence-corrected chi connectivity index (χ3v) is 3.39. The van der Waals surface area contributed by atoms with Gasteiger partial charge in [-0.1, -0.05) is 35.9 Å². The molecule has 0 unspecified atom stereocenters. The van der Waals surface area contributed by atoms with Crippen LogP contribution in [0.15, 0.2) is 60.7 Å². The summed E-state index contributed by atoms with van der Waals surface area (Å²) in [5.41, 5.74) is 2.31. The Hall–Kier alpha value is -2.79. The van der Waals surface area contributed by atoms with Gasteiger partial charge >= 0.3 is 6.03 Å². The molecule has 0 aliphatic heterocycles. The van der Waals surface area contributed by atoms with Crippen LogP contribution < -0.4 is 10.6 Å². The number of halogens is 1. The smallest absolute Gasteiger partial charge is 0.308 e. The normalized spacial score (nSPS) is 10.3.